The van der Waals surface area contributed by atoms with Crippen molar-refractivity contribution in [3.05, 3.63) is 54.1 Å². The highest BCUT2D eigenvalue weighted by molar-refractivity contribution is 6.01. The molecule has 0 saturated heterocycles. The smallest absolute Gasteiger partial charge is 0.339 e. The Labute approximate surface area is 117 Å². The summed E-state index contributed by atoms with van der Waals surface area (Å²) in [5.74, 6) is -0.714. The van der Waals surface area contributed by atoms with Gasteiger partial charge in [-0.1, -0.05) is 36.4 Å². The first-order valence-electron chi connectivity index (χ1n) is 6.17. The van der Waals surface area contributed by atoms with E-state index >= 15 is 0 Å². The van der Waals surface area contributed by atoms with Crippen LogP contribution in [0.25, 0.3) is 11.1 Å². The number of nitrogens with one attached hydrogen (secondary N) is 1. The van der Waals surface area contributed by atoms with Gasteiger partial charge >= 0.3 is 5.97 Å². The van der Waals surface area contributed by atoms with Gasteiger partial charge in [0.2, 0.25) is 5.91 Å². The molecule has 102 valence electrons. The number of benzene rings is 2. The Balaban J connectivity index is 2.48. The highest BCUT2D eigenvalue weighted by Crippen LogP contribution is 2.25. The molecule has 0 bridgehead atoms. The maximum absolute atomic E-state index is 11.8. The van der Waals surface area contributed by atoms with Crippen LogP contribution >= 0.6 is 0 Å². The maximum Gasteiger partial charge on any atom is 0.339 e. The molecule has 0 unspecified atom stereocenters. The Morgan fingerprint density at radius 1 is 1.00 bits per heavy atom. The van der Waals surface area contributed by atoms with E-state index in [1.807, 2.05) is 36.4 Å². The van der Waals surface area contributed by atoms with Crippen LogP contribution in [-0.4, -0.2) is 19.0 Å². The molecule has 0 atom stereocenters. The van der Waals surface area contributed by atoms with Crippen LogP contribution in [0.2, 0.25) is 0 Å². The fraction of sp³-hybridized carbons (Fsp3) is 0.125. The Bertz CT molecular complexity index is 635. The van der Waals surface area contributed by atoms with E-state index in [0.717, 1.165) is 11.1 Å². The van der Waals surface area contributed by atoms with Gasteiger partial charge in [0.05, 0.1) is 18.4 Å². The van der Waals surface area contributed by atoms with Crippen LogP contribution in [0, 0.1) is 0 Å². The zero-order chi connectivity index (χ0) is 14.5. The van der Waals surface area contributed by atoms with Crippen molar-refractivity contribution in [1.29, 1.82) is 0 Å². The first kappa shape index (κ1) is 13.8. The summed E-state index contributed by atoms with van der Waals surface area (Å²) >= 11 is 0. The second kappa shape index (κ2) is 6.02. The molecule has 0 spiro atoms. The zero-order valence-electron chi connectivity index (χ0n) is 11.3. The molecular formula is C16H15NO3. The van der Waals surface area contributed by atoms with Crippen LogP contribution in [0.5, 0.6) is 0 Å². The van der Waals surface area contributed by atoms with E-state index in [9.17, 15) is 9.59 Å². The van der Waals surface area contributed by atoms with Gasteiger partial charge in [-0.15, -0.1) is 0 Å². The molecular weight excluding hydrogens is 254 g/mol. The standard InChI is InChI=1S/C16H15NO3/c1-11(18)17-15-9-8-13(10-14(15)16(19)20-2)12-6-4-3-5-7-12/h3-10H,1-2H3,(H,17,18). The zero-order valence-corrected chi connectivity index (χ0v) is 11.3. The highest BCUT2D eigenvalue weighted by Gasteiger charge is 2.14. The Morgan fingerprint density at radius 3 is 2.30 bits per heavy atom. The average molecular weight is 269 g/mol. The lowest BCUT2D eigenvalue weighted by Gasteiger charge is -2.10. The Kier molecular flexibility index (Phi) is 4.15. The van der Waals surface area contributed by atoms with Crippen molar-refractivity contribution in [1.82, 2.24) is 0 Å². The van der Waals surface area contributed by atoms with Gasteiger partial charge in [0, 0.05) is 6.92 Å². The molecule has 0 aliphatic carbocycles. The van der Waals surface area contributed by atoms with Crippen molar-refractivity contribution < 1.29 is 14.3 Å². The maximum atomic E-state index is 11.8. The number of hydrogen-bond acceptors (Lipinski definition) is 3. The third-order valence-electron chi connectivity index (χ3n) is 2.84. The van der Waals surface area contributed by atoms with E-state index in [0.29, 0.717) is 11.3 Å². The Hall–Kier alpha value is -2.62. The Morgan fingerprint density at radius 2 is 1.70 bits per heavy atom. The second-order valence-electron chi connectivity index (χ2n) is 4.30. The minimum absolute atomic E-state index is 0.234. The van der Waals surface area contributed by atoms with Crippen molar-refractivity contribution in [2.75, 3.05) is 12.4 Å². The summed E-state index contributed by atoms with van der Waals surface area (Å²) in [7, 11) is 1.31. The molecule has 2 aromatic carbocycles. The molecule has 0 heterocycles. The van der Waals surface area contributed by atoms with Gasteiger partial charge in [-0.25, -0.2) is 4.79 Å². The predicted octanol–water partition coefficient (Wildman–Crippen LogP) is 3.10. The van der Waals surface area contributed by atoms with Crippen molar-refractivity contribution >= 4 is 17.6 Å². The van der Waals surface area contributed by atoms with Gasteiger partial charge in [-0.05, 0) is 23.3 Å². The lowest BCUT2D eigenvalue weighted by Crippen LogP contribution is -2.12. The number of carbonyl (C=O) groups excluding carboxylic acids is 2. The summed E-state index contributed by atoms with van der Waals surface area (Å²) in [6.07, 6.45) is 0. The summed E-state index contributed by atoms with van der Waals surface area (Å²) < 4.78 is 4.76. The molecule has 2 aromatic rings. The number of methoxy groups -OCH3 is 1. The van der Waals surface area contributed by atoms with Gasteiger partial charge < -0.3 is 10.1 Å². The fourth-order valence-corrected chi connectivity index (χ4v) is 1.93. The van der Waals surface area contributed by atoms with Gasteiger partial charge in [-0.2, -0.15) is 0 Å². The number of rotatable bonds is 3. The number of carbonyl (C=O) groups is 2. The van der Waals surface area contributed by atoms with E-state index < -0.39 is 5.97 Å². The van der Waals surface area contributed by atoms with Gasteiger partial charge in [0.1, 0.15) is 0 Å². The molecule has 4 heteroatoms. The molecule has 1 amide bonds. The number of ether oxygens (including phenoxy) is 1. The van der Waals surface area contributed by atoms with Crippen LogP contribution in [0.1, 0.15) is 17.3 Å². The summed E-state index contributed by atoms with van der Waals surface area (Å²) in [6, 6.07) is 15.0. The van der Waals surface area contributed by atoms with E-state index in [2.05, 4.69) is 5.32 Å². The van der Waals surface area contributed by atoms with Crippen LogP contribution in [0.15, 0.2) is 48.5 Å². The molecule has 4 nitrogen and oxygen atoms in total. The van der Waals surface area contributed by atoms with Crippen LogP contribution in [0.4, 0.5) is 5.69 Å². The van der Waals surface area contributed by atoms with Crippen molar-refractivity contribution in [2.45, 2.75) is 6.92 Å². The first-order chi connectivity index (χ1) is 9.61. The van der Waals surface area contributed by atoms with Gasteiger partial charge in [0.25, 0.3) is 0 Å². The number of hydrogen-bond donors (Lipinski definition) is 1. The van der Waals surface area contributed by atoms with Crippen LogP contribution in [0.3, 0.4) is 0 Å². The van der Waals surface area contributed by atoms with Gasteiger partial charge in [-0.3, -0.25) is 4.79 Å². The molecule has 2 rings (SSSR count). The summed E-state index contributed by atoms with van der Waals surface area (Å²) in [6.45, 7) is 1.40. The lowest BCUT2D eigenvalue weighted by molar-refractivity contribution is -0.114. The molecule has 1 N–H and O–H groups in total. The molecule has 20 heavy (non-hydrogen) atoms. The summed E-state index contributed by atoms with van der Waals surface area (Å²) in [5, 5.41) is 2.63. The largest absolute Gasteiger partial charge is 0.465 e. The van der Waals surface area contributed by atoms with Gasteiger partial charge in [0.15, 0.2) is 0 Å². The molecule has 0 radical (unpaired) electrons. The average Bonchev–Trinajstić information content (AvgIpc) is 2.47. The molecule has 0 aliphatic rings. The predicted molar refractivity (Wildman–Crippen MR) is 77.5 cm³/mol. The second-order valence-corrected chi connectivity index (χ2v) is 4.30. The number of esters is 1. The van der Waals surface area contributed by atoms with E-state index in [1.165, 1.54) is 14.0 Å². The highest BCUT2D eigenvalue weighted by atomic mass is 16.5. The first-order valence-corrected chi connectivity index (χ1v) is 6.17. The minimum Gasteiger partial charge on any atom is -0.465 e. The van der Waals surface area contributed by atoms with E-state index in [1.54, 1.807) is 12.1 Å². The minimum atomic E-state index is -0.480. The fourth-order valence-electron chi connectivity index (χ4n) is 1.93. The van der Waals surface area contributed by atoms with Crippen molar-refractivity contribution in [3.8, 4) is 11.1 Å². The quantitative estimate of drug-likeness (QED) is 0.871. The normalized spacial score (nSPS) is 9.90. The third kappa shape index (κ3) is 3.03. The summed E-state index contributed by atoms with van der Waals surface area (Å²) in [5.41, 5.74) is 2.67. The topological polar surface area (TPSA) is 55.4 Å². The van der Waals surface area contributed by atoms with Crippen LogP contribution in [-0.2, 0) is 9.53 Å². The SMILES string of the molecule is COC(=O)c1cc(-c2ccccc2)ccc1NC(C)=O. The monoisotopic (exact) mass is 269 g/mol. The molecule has 0 saturated carbocycles. The molecule has 0 aromatic heterocycles. The number of amides is 1. The van der Waals surface area contributed by atoms with E-state index in [4.69, 9.17) is 4.74 Å². The number of anilines is 1. The van der Waals surface area contributed by atoms with Crippen molar-refractivity contribution in [3.63, 3.8) is 0 Å². The summed E-state index contributed by atoms with van der Waals surface area (Å²) in [4.78, 5) is 23.0. The third-order valence-corrected chi connectivity index (χ3v) is 2.84. The van der Waals surface area contributed by atoms with Crippen LogP contribution < -0.4 is 5.32 Å². The lowest BCUT2D eigenvalue weighted by atomic mass is 10.0. The molecule has 0 fully saturated rings. The molecule has 0 aliphatic heterocycles. The van der Waals surface area contributed by atoms with Crippen molar-refractivity contribution in [2.24, 2.45) is 0 Å². The van der Waals surface area contributed by atoms with E-state index in [-0.39, 0.29) is 5.91 Å².